The molecule has 0 bridgehead atoms. The number of benzene rings is 1. The highest BCUT2D eigenvalue weighted by molar-refractivity contribution is 5.94. The molecule has 0 aromatic heterocycles. The minimum atomic E-state index is -0.424. The summed E-state index contributed by atoms with van der Waals surface area (Å²) >= 11 is 0. The lowest BCUT2D eigenvalue weighted by atomic mass is 10.1. The van der Waals surface area contributed by atoms with Crippen LogP contribution < -0.4 is 16.8 Å². The van der Waals surface area contributed by atoms with Gasteiger partial charge in [0.2, 0.25) is 11.8 Å². The fourth-order valence-corrected chi connectivity index (χ4v) is 2.56. The lowest BCUT2D eigenvalue weighted by Gasteiger charge is -2.23. The van der Waals surface area contributed by atoms with Crippen molar-refractivity contribution in [1.82, 2.24) is 10.2 Å². The van der Waals surface area contributed by atoms with Gasteiger partial charge in [-0.2, -0.15) is 0 Å². The normalized spacial score (nSPS) is 17.3. The Balaban J connectivity index is 1.92. The average Bonchev–Trinajstić information content (AvgIpc) is 3.01. The molecule has 1 saturated heterocycles. The van der Waals surface area contributed by atoms with Gasteiger partial charge in [-0.05, 0) is 18.4 Å². The van der Waals surface area contributed by atoms with Crippen molar-refractivity contribution in [3.8, 4) is 0 Å². The minimum Gasteiger partial charge on any atom is -0.384 e. The molecule has 0 unspecified atom stereocenters. The van der Waals surface area contributed by atoms with Gasteiger partial charge in [0.05, 0.1) is 6.54 Å². The largest absolute Gasteiger partial charge is 0.384 e. The quantitative estimate of drug-likeness (QED) is 0.433. The van der Waals surface area contributed by atoms with Crippen LogP contribution in [0.4, 0.5) is 0 Å². The monoisotopic (exact) mass is 303 g/mol. The predicted octanol–water partition coefficient (Wildman–Crippen LogP) is -0.463. The summed E-state index contributed by atoms with van der Waals surface area (Å²) in [6.07, 6.45) is 1.48. The van der Waals surface area contributed by atoms with Crippen LogP contribution in [0, 0.1) is 5.41 Å². The standard InChI is InChI=1S/C15H21N5O2/c16-8-13(21)20-7-1-2-12(20)15(22)19-9-10-3-5-11(6-4-10)14(17)18/h3-6,12H,1-2,7-9,16H2,(H3,17,18)(H,19,22)/t12-/m0/s1. The van der Waals surface area contributed by atoms with Gasteiger partial charge in [-0.3, -0.25) is 15.0 Å². The Labute approximate surface area is 129 Å². The van der Waals surface area contributed by atoms with E-state index in [1.807, 2.05) is 12.1 Å². The zero-order valence-corrected chi connectivity index (χ0v) is 12.3. The molecule has 1 aromatic rings. The van der Waals surface area contributed by atoms with Gasteiger partial charge in [-0.1, -0.05) is 24.3 Å². The molecular formula is C15H21N5O2. The second kappa shape index (κ2) is 7.04. The second-order valence-electron chi connectivity index (χ2n) is 5.28. The molecule has 2 rings (SSSR count). The first-order valence-electron chi connectivity index (χ1n) is 7.23. The number of carbonyl (C=O) groups excluding carboxylic acids is 2. The molecule has 0 spiro atoms. The van der Waals surface area contributed by atoms with Crippen molar-refractivity contribution in [1.29, 1.82) is 5.41 Å². The van der Waals surface area contributed by atoms with Crippen LogP contribution in [0.25, 0.3) is 0 Å². The summed E-state index contributed by atoms with van der Waals surface area (Å²) in [5.74, 6) is -0.337. The molecule has 2 amide bonds. The summed E-state index contributed by atoms with van der Waals surface area (Å²) in [6, 6.07) is 6.68. The molecule has 1 aliphatic rings. The smallest absolute Gasteiger partial charge is 0.243 e. The number of carbonyl (C=O) groups is 2. The number of likely N-dealkylation sites (tertiary alicyclic amines) is 1. The summed E-state index contributed by atoms with van der Waals surface area (Å²) in [6.45, 7) is 0.885. The highest BCUT2D eigenvalue weighted by Gasteiger charge is 2.33. The molecule has 1 heterocycles. The first kappa shape index (κ1) is 16.0. The Morgan fingerprint density at radius 3 is 2.59 bits per heavy atom. The van der Waals surface area contributed by atoms with E-state index in [2.05, 4.69) is 5.32 Å². The number of hydrogen-bond acceptors (Lipinski definition) is 4. The first-order valence-corrected chi connectivity index (χ1v) is 7.23. The zero-order valence-electron chi connectivity index (χ0n) is 12.3. The average molecular weight is 303 g/mol. The summed E-state index contributed by atoms with van der Waals surface area (Å²) in [5, 5.41) is 10.2. The topological polar surface area (TPSA) is 125 Å². The Kier molecular flexibility index (Phi) is 5.11. The van der Waals surface area contributed by atoms with E-state index in [4.69, 9.17) is 16.9 Å². The van der Waals surface area contributed by atoms with Crippen molar-refractivity contribution < 1.29 is 9.59 Å². The molecule has 0 radical (unpaired) electrons. The van der Waals surface area contributed by atoms with Gasteiger partial charge in [0.1, 0.15) is 11.9 Å². The maximum atomic E-state index is 12.2. The Morgan fingerprint density at radius 1 is 1.32 bits per heavy atom. The molecule has 1 aliphatic heterocycles. The minimum absolute atomic E-state index is 0.0116. The summed E-state index contributed by atoms with van der Waals surface area (Å²) < 4.78 is 0. The molecule has 1 atom stereocenters. The number of amidine groups is 1. The number of rotatable bonds is 5. The third kappa shape index (κ3) is 3.62. The number of amides is 2. The maximum Gasteiger partial charge on any atom is 0.243 e. The van der Waals surface area contributed by atoms with Crippen molar-refractivity contribution in [3.05, 3.63) is 35.4 Å². The van der Waals surface area contributed by atoms with Gasteiger partial charge in [-0.25, -0.2) is 0 Å². The van der Waals surface area contributed by atoms with E-state index < -0.39 is 6.04 Å². The van der Waals surface area contributed by atoms with E-state index in [0.29, 0.717) is 25.1 Å². The third-order valence-corrected chi connectivity index (χ3v) is 3.78. The highest BCUT2D eigenvalue weighted by Crippen LogP contribution is 2.17. The van der Waals surface area contributed by atoms with E-state index in [0.717, 1.165) is 12.0 Å². The van der Waals surface area contributed by atoms with E-state index >= 15 is 0 Å². The van der Waals surface area contributed by atoms with Crippen LogP contribution in [0.1, 0.15) is 24.0 Å². The molecule has 6 N–H and O–H groups in total. The predicted molar refractivity (Wildman–Crippen MR) is 83.1 cm³/mol. The summed E-state index contributed by atoms with van der Waals surface area (Å²) in [4.78, 5) is 25.5. The molecule has 1 aromatic carbocycles. The fraction of sp³-hybridized carbons (Fsp3) is 0.400. The number of nitrogen functional groups attached to an aromatic ring is 1. The Morgan fingerprint density at radius 2 is 2.00 bits per heavy atom. The van der Waals surface area contributed by atoms with Gasteiger partial charge < -0.3 is 21.7 Å². The maximum absolute atomic E-state index is 12.2. The molecular weight excluding hydrogens is 282 g/mol. The van der Waals surface area contributed by atoms with Crippen LogP contribution in [-0.2, 0) is 16.1 Å². The van der Waals surface area contributed by atoms with Crippen molar-refractivity contribution in [2.75, 3.05) is 13.1 Å². The van der Waals surface area contributed by atoms with Crippen molar-refractivity contribution in [2.45, 2.75) is 25.4 Å². The zero-order chi connectivity index (χ0) is 16.1. The van der Waals surface area contributed by atoms with Crippen molar-refractivity contribution in [2.24, 2.45) is 11.5 Å². The van der Waals surface area contributed by atoms with Crippen LogP contribution in [0.15, 0.2) is 24.3 Å². The van der Waals surface area contributed by atoms with Crippen LogP contribution in [0.3, 0.4) is 0 Å². The fourth-order valence-electron chi connectivity index (χ4n) is 2.56. The van der Waals surface area contributed by atoms with Gasteiger partial charge in [0.15, 0.2) is 0 Å². The van der Waals surface area contributed by atoms with Gasteiger partial charge in [-0.15, -0.1) is 0 Å². The van der Waals surface area contributed by atoms with Crippen LogP contribution in [-0.4, -0.2) is 41.7 Å². The van der Waals surface area contributed by atoms with Gasteiger partial charge in [0, 0.05) is 18.7 Å². The SMILES string of the molecule is N=C(N)c1ccc(CNC(=O)[C@@H]2CCCN2C(=O)CN)cc1. The second-order valence-corrected chi connectivity index (χ2v) is 5.28. The number of nitrogens with one attached hydrogen (secondary N) is 2. The van der Waals surface area contributed by atoms with E-state index in [1.165, 1.54) is 0 Å². The highest BCUT2D eigenvalue weighted by atomic mass is 16.2. The van der Waals surface area contributed by atoms with Crippen molar-refractivity contribution >= 4 is 17.6 Å². The van der Waals surface area contributed by atoms with Gasteiger partial charge >= 0.3 is 0 Å². The van der Waals surface area contributed by atoms with E-state index in [1.54, 1.807) is 17.0 Å². The van der Waals surface area contributed by atoms with Gasteiger partial charge in [0.25, 0.3) is 0 Å². The molecule has 0 saturated carbocycles. The number of nitrogens with two attached hydrogens (primary N) is 2. The molecule has 118 valence electrons. The lowest BCUT2D eigenvalue weighted by Crippen LogP contribution is -2.47. The van der Waals surface area contributed by atoms with E-state index in [-0.39, 0.29) is 24.2 Å². The third-order valence-electron chi connectivity index (χ3n) is 3.78. The molecule has 1 fully saturated rings. The van der Waals surface area contributed by atoms with Crippen LogP contribution in [0.2, 0.25) is 0 Å². The van der Waals surface area contributed by atoms with Crippen LogP contribution in [0.5, 0.6) is 0 Å². The lowest BCUT2D eigenvalue weighted by molar-refractivity contribution is -0.137. The Hall–Kier alpha value is -2.41. The number of nitrogens with zero attached hydrogens (tertiary/aromatic N) is 1. The molecule has 0 aliphatic carbocycles. The summed E-state index contributed by atoms with van der Waals surface area (Å²) in [7, 11) is 0. The Bertz CT molecular complexity index is 570. The molecule has 22 heavy (non-hydrogen) atoms. The van der Waals surface area contributed by atoms with E-state index in [9.17, 15) is 9.59 Å². The summed E-state index contributed by atoms with van der Waals surface area (Å²) in [5.41, 5.74) is 12.3. The van der Waals surface area contributed by atoms with Crippen LogP contribution >= 0.6 is 0 Å². The number of hydrogen-bond donors (Lipinski definition) is 4. The first-order chi connectivity index (χ1) is 10.5. The molecule has 7 heteroatoms. The molecule has 7 nitrogen and oxygen atoms in total. The van der Waals surface area contributed by atoms with Crippen molar-refractivity contribution in [3.63, 3.8) is 0 Å².